The van der Waals surface area contributed by atoms with Crippen LogP contribution in [-0.2, 0) is 9.59 Å². The van der Waals surface area contributed by atoms with Gasteiger partial charge in [-0.05, 0) is 24.8 Å². The van der Waals surface area contributed by atoms with Crippen molar-refractivity contribution in [3.05, 3.63) is 35.9 Å². The van der Waals surface area contributed by atoms with Crippen molar-refractivity contribution in [3.8, 4) is 0 Å². The van der Waals surface area contributed by atoms with Gasteiger partial charge >= 0.3 is 0 Å². The molecule has 0 aliphatic carbocycles. The Morgan fingerprint density at radius 2 is 1.77 bits per heavy atom. The Kier molecular flexibility index (Phi) is 4.73. The first-order valence-electron chi connectivity index (χ1n) is 8.10. The Morgan fingerprint density at radius 3 is 2.45 bits per heavy atom. The fourth-order valence-corrected chi connectivity index (χ4v) is 3.31. The predicted octanol–water partition coefficient (Wildman–Crippen LogP) is 1.17. The van der Waals surface area contributed by atoms with E-state index in [0.717, 1.165) is 31.5 Å². The van der Waals surface area contributed by atoms with Crippen molar-refractivity contribution in [1.82, 2.24) is 15.1 Å². The molecule has 2 aliphatic rings. The summed E-state index contributed by atoms with van der Waals surface area (Å²) in [6, 6.07) is 9.49. The molecule has 0 unspecified atom stereocenters. The molecular weight excluding hydrogens is 278 g/mol. The Balaban J connectivity index is 1.85. The number of piperidine rings is 1. The molecule has 2 heterocycles. The number of likely N-dealkylation sites (tertiary alicyclic amines) is 1. The van der Waals surface area contributed by atoms with Gasteiger partial charge in [-0.3, -0.25) is 14.5 Å². The van der Waals surface area contributed by atoms with Crippen LogP contribution in [0, 0.1) is 0 Å². The van der Waals surface area contributed by atoms with Crippen molar-refractivity contribution in [2.45, 2.75) is 25.3 Å². The number of hydrogen-bond acceptors (Lipinski definition) is 3. The minimum absolute atomic E-state index is 0.00127. The van der Waals surface area contributed by atoms with Gasteiger partial charge in [0.25, 0.3) is 0 Å². The lowest BCUT2D eigenvalue weighted by molar-refractivity contribution is -0.140. The summed E-state index contributed by atoms with van der Waals surface area (Å²) in [5.74, 6) is 0.138. The quantitative estimate of drug-likeness (QED) is 0.912. The first-order valence-corrected chi connectivity index (χ1v) is 8.10. The molecule has 2 amide bonds. The van der Waals surface area contributed by atoms with Gasteiger partial charge in [-0.1, -0.05) is 30.3 Å². The molecule has 0 aromatic heterocycles. The normalized spacial score (nSPS) is 21.3. The van der Waals surface area contributed by atoms with Crippen molar-refractivity contribution in [2.24, 2.45) is 0 Å². The van der Waals surface area contributed by atoms with Crippen LogP contribution < -0.4 is 5.32 Å². The van der Waals surface area contributed by atoms with Crippen molar-refractivity contribution in [1.29, 1.82) is 0 Å². The van der Waals surface area contributed by atoms with E-state index in [9.17, 15) is 9.59 Å². The molecule has 0 radical (unpaired) electrons. The third-order valence-electron chi connectivity index (χ3n) is 4.45. The molecule has 1 aromatic carbocycles. The van der Waals surface area contributed by atoms with Crippen LogP contribution in [0.4, 0.5) is 0 Å². The summed E-state index contributed by atoms with van der Waals surface area (Å²) in [4.78, 5) is 28.8. The molecule has 5 nitrogen and oxygen atoms in total. The van der Waals surface area contributed by atoms with Crippen molar-refractivity contribution >= 4 is 11.8 Å². The number of piperazine rings is 1. The molecule has 0 saturated carbocycles. The fraction of sp³-hybridized carbons (Fsp3) is 0.529. The van der Waals surface area contributed by atoms with Crippen molar-refractivity contribution < 1.29 is 9.59 Å². The van der Waals surface area contributed by atoms with E-state index in [1.165, 1.54) is 6.42 Å². The zero-order chi connectivity index (χ0) is 15.4. The Hall–Kier alpha value is -1.88. The second kappa shape index (κ2) is 6.92. The van der Waals surface area contributed by atoms with E-state index in [1.807, 2.05) is 40.1 Å². The largest absolute Gasteiger partial charge is 0.354 e. The Bertz CT molecular complexity index is 526. The number of benzene rings is 1. The van der Waals surface area contributed by atoms with Gasteiger partial charge in [0, 0.05) is 26.2 Å². The van der Waals surface area contributed by atoms with Crippen LogP contribution >= 0.6 is 0 Å². The van der Waals surface area contributed by atoms with Crippen LogP contribution in [0.1, 0.15) is 30.9 Å². The lowest BCUT2D eigenvalue weighted by Gasteiger charge is -2.37. The standard InChI is InChI=1S/C17H23N3O2/c21-15-13-20(12-9-18-15)16(14-7-3-1-4-8-14)17(22)19-10-5-2-6-11-19/h1,3-4,7-8,16H,2,5-6,9-13H2,(H,18,21)/t16-/m1/s1. The summed E-state index contributed by atoms with van der Waals surface area (Å²) in [7, 11) is 0. The van der Waals surface area contributed by atoms with Crippen LogP contribution in [0.15, 0.2) is 30.3 Å². The molecule has 118 valence electrons. The molecule has 1 N–H and O–H groups in total. The number of rotatable bonds is 3. The zero-order valence-corrected chi connectivity index (χ0v) is 12.8. The molecule has 2 saturated heterocycles. The van der Waals surface area contributed by atoms with Crippen molar-refractivity contribution in [2.75, 3.05) is 32.7 Å². The van der Waals surface area contributed by atoms with Crippen LogP contribution in [0.5, 0.6) is 0 Å². The lowest BCUT2D eigenvalue weighted by Crippen LogP contribution is -2.53. The molecule has 22 heavy (non-hydrogen) atoms. The van der Waals surface area contributed by atoms with E-state index >= 15 is 0 Å². The molecular formula is C17H23N3O2. The van der Waals surface area contributed by atoms with Crippen LogP contribution in [0.25, 0.3) is 0 Å². The van der Waals surface area contributed by atoms with Gasteiger partial charge in [0.1, 0.15) is 6.04 Å². The smallest absolute Gasteiger partial charge is 0.244 e. The maximum Gasteiger partial charge on any atom is 0.244 e. The number of amides is 2. The summed E-state index contributed by atoms with van der Waals surface area (Å²) in [6.07, 6.45) is 3.35. The number of carbonyl (C=O) groups excluding carboxylic acids is 2. The maximum atomic E-state index is 13.1. The minimum atomic E-state index is -0.342. The van der Waals surface area contributed by atoms with Crippen LogP contribution in [0.3, 0.4) is 0 Å². The average molecular weight is 301 g/mol. The first-order chi connectivity index (χ1) is 10.8. The zero-order valence-electron chi connectivity index (χ0n) is 12.8. The van der Waals surface area contributed by atoms with Crippen LogP contribution in [-0.4, -0.2) is 54.3 Å². The van der Waals surface area contributed by atoms with Gasteiger partial charge in [-0.25, -0.2) is 0 Å². The predicted molar refractivity (Wildman–Crippen MR) is 84.2 cm³/mol. The fourth-order valence-electron chi connectivity index (χ4n) is 3.31. The lowest BCUT2D eigenvalue weighted by atomic mass is 10.0. The number of nitrogens with zero attached hydrogens (tertiary/aromatic N) is 2. The van der Waals surface area contributed by atoms with E-state index in [0.29, 0.717) is 19.6 Å². The summed E-state index contributed by atoms with van der Waals surface area (Å²) < 4.78 is 0. The summed E-state index contributed by atoms with van der Waals surface area (Å²) in [5.41, 5.74) is 0.979. The van der Waals surface area contributed by atoms with E-state index in [2.05, 4.69) is 5.32 Å². The highest BCUT2D eigenvalue weighted by atomic mass is 16.2. The number of hydrogen-bond donors (Lipinski definition) is 1. The molecule has 1 atom stereocenters. The molecule has 1 aromatic rings. The highest BCUT2D eigenvalue weighted by molar-refractivity contribution is 5.85. The van der Waals surface area contributed by atoms with Gasteiger partial charge in [-0.2, -0.15) is 0 Å². The Morgan fingerprint density at radius 1 is 1.05 bits per heavy atom. The number of nitrogens with one attached hydrogen (secondary N) is 1. The van der Waals surface area contributed by atoms with E-state index in [-0.39, 0.29) is 17.9 Å². The van der Waals surface area contributed by atoms with Gasteiger partial charge in [-0.15, -0.1) is 0 Å². The third kappa shape index (κ3) is 3.30. The van der Waals surface area contributed by atoms with E-state index < -0.39 is 0 Å². The number of carbonyl (C=O) groups is 2. The van der Waals surface area contributed by atoms with Gasteiger partial charge < -0.3 is 10.2 Å². The SMILES string of the molecule is O=C1CN([C@@H](C(=O)N2CCCCC2)c2ccccc2)CCN1. The van der Waals surface area contributed by atoms with Gasteiger partial charge in [0.05, 0.1) is 6.54 Å². The molecule has 2 aliphatic heterocycles. The van der Waals surface area contributed by atoms with Gasteiger partial charge in [0.15, 0.2) is 0 Å². The Labute approximate surface area is 131 Å². The monoisotopic (exact) mass is 301 g/mol. The third-order valence-corrected chi connectivity index (χ3v) is 4.45. The first kappa shape index (κ1) is 15.0. The summed E-state index contributed by atoms with van der Waals surface area (Å²) >= 11 is 0. The van der Waals surface area contributed by atoms with Crippen LogP contribution in [0.2, 0.25) is 0 Å². The second-order valence-electron chi connectivity index (χ2n) is 6.02. The van der Waals surface area contributed by atoms with Crippen molar-refractivity contribution in [3.63, 3.8) is 0 Å². The topological polar surface area (TPSA) is 52.7 Å². The molecule has 0 spiro atoms. The molecule has 3 rings (SSSR count). The van der Waals surface area contributed by atoms with E-state index in [1.54, 1.807) is 0 Å². The molecule has 0 bridgehead atoms. The minimum Gasteiger partial charge on any atom is -0.354 e. The second-order valence-corrected chi connectivity index (χ2v) is 6.02. The molecule has 5 heteroatoms. The van der Waals surface area contributed by atoms with E-state index in [4.69, 9.17) is 0 Å². The summed E-state index contributed by atoms with van der Waals surface area (Å²) in [6.45, 7) is 3.28. The average Bonchev–Trinajstić information content (AvgIpc) is 2.57. The highest BCUT2D eigenvalue weighted by Crippen LogP contribution is 2.25. The highest BCUT2D eigenvalue weighted by Gasteiger charge is 2.34. The van der Waals surface area contributed by atoms with Gasteiger partial charge in [0.2, 0.25) is 11.8 Å². The maximum absolute atomic E-state index is 13.1. The summed E-state index contributed by atoms with van der Waals surface area (Å²) in [5, 5.41) is 2.83. The molecule has 2 fully saturated rings.